The molecule has 1 amide bonds. The van der Waals surface area contributed by atoms with Gasteiger partial charge in [0.25, 0.3) is 0 Å². The number of carbonyl (C=O) groups excluding carboxylic acids is 1. The monoisotopic (exact) mass is 319 g/mol. The van der Waals surface area contributed by atoms with Crippen LogP contribution in [-0.4, -0.2) is 38.3 Å². The lowest BCUT2D eigenvalue weighted by Crippen LogP contribution is -2.40. The van der Waals surface area contributed by atoms with E-state index in [1.165, 1.54) is 25.2 Å². The molecule has 0 unspecified atom stereocenters. The number of halogens is 1. The highest BCUT2D eigenvalue weighted by Gasteiger charge is 2.23. The van der Waals surface area contributed by atoms with Crippen LogP contribution in [0.2, 0.25) is 5.02 Å². The number of carbonyl (C=O) groups is 1. The van der Waals surface area contributed by atoms with Gasteiger partial charge in [-0.15, -0.1) is 0 Å². The summed E-state index contributed by atoms with van der Waals surface area (Å²) in [6, 6.07) is 3.98. The van der Waals surface area contributed by atoms with Gasteiger partial charge in [-0.05, 0) is 32.0 Å². The highest BCUT2D eigenvalue weighted by molar-refractivity contribution is 7.89. The molecule has 6 nitrogen and oxygen atoms in total. The number of rotatable bonds is 5. The molecule has 1 rings (SSSR count). The number of hydrogen-bond donors (Lipinski definition) is 2. The van der Waals surface area contributed by atoms with Crippen LogP contribution in [0.4, 0.5) is 5.69 Å². The SMILES string of the molecule is CC(C)NC(=O)CN(C)S(=O)(=O)c1ccc(Cl)c(N)c1. The first-order valence-corrected chi connectivity index (χ1v) is 7.77. The maximum atomic E-state index is 12.3. The van der Waals surface area contributed by atoms with E-state index in [-0.39, 0.29) is 34.1 Å². The molecule has 0 aromatic heterocycles. The number of anilines is 1. The number of sulfonamides is 1. The molecular weight excluding hydrogens is 302 g/mol. The summed E-state index contributed by atoms with van der Waals surface area (Å²) in [6.45, 7) is 3.33. The van der Waals surface area contributed by atoms with Gasteiger partial charge in [-0.25, -0.2) is 8.42 Å². The van der Waals surface area contributed by atoms with Crippen LogP contribution < -0.4 is 11.1 Å². The third-order valence-corrected chi connectivity index (χ3v) is 4.64. The lowest BCUT2D eigenvalue weighted by molar-refractivity contribution is -0.121. The third-order valence-electron chi connectivity index (χ3n) is 2.49. The minimum Gasteiger partial charge on any atom is -0.397 e. The van der Waals surface area contributed by atoms with Crippen LogP contribution >= 0.6 is 11.6 Å². The average Bonchev–Trinajstić information content (AvgIpc) is 2.31. The van der Waals surface area contributed by atoms with Crippen molar-refractivity contribution in [2.75, 3.05) is 19.3 Å². The van der Waals surface area contributed by atoms with Crippen LogP contribution in [0.1, 0.15) is 13.8 Å². The van der Waals surface area contributed by atoms with Crippen molar-refractivity contribution in [1.82, 2.24) is 9.62 Å². The van der Waals surface area contributed by atoms with Gasteiger partial charge in [0.05, 0.1) is 22.2 Å². The molecule has 0 aliphatic rings. The molecule has 0 atom stereocenters. The number of benzene rings is 1. The normalized spacial score (nSPS) is 11.9. The van der Waals surface area contributed by atoms with E-state index in [4.69, 9.17) is 17.3 Å². The Morgan fingerprint density at radius 1 is 1.45 bits per heavy atom. The second-order valence-corrected chi connectivity index (χ2v) is 7.12. The largest absolute Gasteiger partial charge is 0.397 e. The molecule has 0 spiro atoms. The summed E-state index contributed by atoms with van der Waals surface area (Å²) in [7, 11) is -2.44. The zero-order valence-corrected chi connectivity index (χ0v) is 13.1. The van der Waals surface area contributed by atoms with Gasteiger partial charge in [-0.2, -0.15) is 4.31 Å². The topological polar surface area (TPSA) is 92.5 Å². The quantitative estimate of drug-likeness (QED) is 0.794. The van der Waals surface area contributed by atoms with Crippen molar-refractivity contribution >= 4 is 33.2 Å². The summed E-state index contributed by atoms with van der Waals surface area (Å²) >= 11 is 5.75. The Labute approximate surface area is 123 Å². The zero-order valence-electron chi connectivity index (χ0n) is 11.6. The first-order chi connectivity index (χ1) is 9.14. The minimum atomic E-state index is -3.78. The average molecular weight is 320 g/mol. The number of nitrogens with one attached hydrogen (secondary N) is 1. The van der Waals surface area contributed by atoms with E-state index < -0.39 is 10.0 Å². The molecule has 0 aliphatic heterocycles. The summed E-state index contributed by atoms with van der Waals surface area (Å²) in [5, 5.41) is 2.91. The molecule has 1 aromatic rings. The highest BCUT2D eigenvalue weighted by Crippen LogP contribution is 2.23. The zero-order chi connectivity index (χ0) is 15.5. The van der Waals surface area contributed by atoms with Gasteiger partial charge in [-0.3, -0.25) is 4.79 Å². The van der Waals surface area contributed by atoms with Crippen LogP contribution in [0.3, 0.4) is 0 Å². The number of nitrogens with two attached hydrogens (primary N) is 1. The number of hydrogen-bond acceptors (Lipinski definition) is 4. The summed E-state index contributed by atoms with van der Waals surface area (Å²) in [5.41, 5.74) is 5.76. The summed E-state index contributed by atoms with van der Waals surface area (Å²) < 4.78 is 25.5. The predicted octanol–water partition coefficient (Wildman–Crippen LogP) is 1.07. The molecule has 0 saturated carbocycles. The van der Waals surface area contributed by atoms with E-state index in [0.717, 1.165) is 4.31 Å². The smallest absolute Gasteiger partial charge is 0.243 e. The van der Waals surface area contributed by atoms with E-state index >= 15 is 0 Å². The van der Waals surface area contributed by atoms with E-state index in [2.05, 4.69) is 5.32 Å². The Balaban J connectivity index is 2.92. The maximum Gasteiger partial charge on any atom is 0.243 e. The van der Waals surface area contributed by atoms with Crippen molar-refractivity contribution in [1.29, 1.82) is 0 Å². The number of nitrogen functional groups attached to an aromatic ring is 1. The Morgan fingerprint density at radius 3 is 2.55 bits per heavy atom. The standard InChI is InChI=1S/C12H18ClN3O3S/c1-8(2)15-12(17)7-16(3)20(18,19)9-4-5-10(13)11(14)6-9/h4-6,8H,7,14H2,1-3H3,(H,15,17). The molecule has 0 fully saturated rings. The lowest BCUT2D eigenvalue weighted by atomic mass is 10.3. The minimum absolute atomic E-state index is 0.000697. The van der Waals surface area contributed by atoms with Gasteiger partial charge < -0.3 is 11.1 Å². The van der Waals surface area contributed by atoms with Gasteiger partial charge in [-0.1, -0.05) is 11.6 Å². The maximum absolute atomic E-state index is 12.3. The molecule has 3 N–H and O–H groups in total. The third kappa shape index (κ3) is 4.09. The first-order valence-electron chi connectivity index (χ1n) is 5.95. The Morgan fingerprint density at radius 2 is 2.05 bits per heavy atom. The van der Waals surface area contributed by atoms with E-state index in [0.29, 0.717) is 0 Å². The fourth-order valence-electron chi connectivity index (χ4n) is 1.52. The van der Waals surface area contributed by atoms with Gasteiger partial charge in [0.2, 0.25) is 15.9 Å². The van der Waals surface area contributed by atoms with Crippen molar-refractivity contribution in [3.8, 4) is 0 Å². The Hall–Kier alpha value is -1.31. The van der Waals surface area contributed by atoms with Crippen LogP contribution in [0.15, 0.2) is 23.1 Å². The highest BCUT2D eigenvalue weighted by atomic mass is 35.5. The van der Waals surface area contributed by atoms with E-state index in [9.17, 15) is 13.2 Å². The second kappa shape index (κ2) is 6.43. The van der Waals surface area contributed by atoms with Gasteiger partial charge in [0.15, 0.2) is 0 Å². The van der Waals surface area contributed by atoms with Crippen LogP contribution in [0.5, 0.6) is 0 Å². The number of amides is 1. The number of nitrogens with zero attached hydrogens (tertiary/aromatic N) is 1. The van der Waals surface area contributed by atoms with Crippen molar-refractivity contribution in [2.45, 2.75) is 24.8 Å². The van der Waals surface area contributed by atoms with Gasteiger partial charge >= 0.3 is 0 Å². The predicted molar refractivity (Wildman–Crippen MR) is 79.0 cm³/mol. The Bertz CT molecular complexity index is 602. The Kier molecular flexibility index (Phi) is 5.38. The van der Waals surface area contributed by atoms with E-state index in [1.54, 1.807) is 13.8 Å². The molecule has 0 aliphatic carbocycles. The molecule has 8 heteroatoms. The van der Waals surface area contributed by atoms with Crippen molar-refractivity contribution in [3.63, 3.8) is 0 Å². The van der Waals surface area contributed by atoms with Crippen molar-refractivity contribution in [2.24, 2.45) is 0 Å². The summed E-state index contributed by atoms with van der Waals surface area (Å²) in [4.78, 5) is 11.6. The lowest BCUT2D eigenvalue weighted by Gasteiger charge is -2.18. The molecular formula is C12H18ClN3O3S. The molecule has 0 radical (unpaired) electrons. The number of likely N-dealkylation sites (N-methyl/N-ethyl adjacent to an activating group) is 1. The fraction of sp³-hybridized carbons (Fsp3) is 0.417. The van der Waals surface area contributed by atoms with Gasteiger partial charge in [0, 0.05) is 13.1 Å². The molecule has 112 valence electrons. The van der Waals surface area contributed by atoms with Crippen LogP contribution in [0, 0.1) is 0 Å². The second-order valence-electron chi connectivity index (χ2n) is 4.67. The molecule has 0 bridgehead atoms. The van der Waals surface area contributed by atoms with E-state index in [1.807, 2.05) is 0 Å². The van der Waals surface area contributed by atoms with Crippen molar-refractivity contribution < 1.29 is 13.2 Å². The molecule has 20 heavy (non-hydrogen) atoms. The summed E-state index contributed by atoms with van der Waals surface area (Å²) in [5.74, 6) is -0.368. The molecule has 0 saturated heterocycles. The van der Waals surface area contributed by atoms with Gasteiger partial charge in [0.1, 0.15) is 0 Å². The van der Waals surface area contributed by atoms with Crippen molar-refractivity contribution in [3.05, 3.63) is 23.2 Å². The van der Waals surface area contributed by atoms with Crippen LogP contribution in [0.25, 0.3) is 0 Å². The fourth-order valence-corrected chi connectivity index (χ4v) is 2.80. The first kappa shape index (κ1) is 16.7. The summed E-state index contributed by atoms with van der Waals surface area (Å²) in [6.07, 6.45) is 0. The van der Waals surface area contributed by atoms with Crippen LogP contribution in [-0.2, 0) is 14.8 Å². The molecule has 1 aromatic carbocycles. The molecule has 0 heterocycles.